The molecule has 0 aliphatic carbocycles. The van der Waals surface area contributed by atoms with Crippen molar-refractivity contribution in [3.8, 4) is 0 Å². The highest BCUT2D eigenvalue weighted by molar-refractivity contribution is 5.93. The summed E-state index contributed by atoms with van der Waals surface area (Å²) in [5.74, 6) is 1.20. The number of aromatic nitrogens is 4. The molecule has 1 aromatic carbocycles. The molecule has 8 heteroatoms. The summed E-state index contributed by atoms with van der Waals surface area (Å²) in [6.07, 6.45) is 6.67. The lowest BCUT2D eigenvalue weighted by Gasteiger charge is -2.34. The first-order valence-electron chi connectivity index (χ1n) is 9.62. The van der Waals surface area contributed by atoms with Crippen LogP contribution >= 0.6 is 0 Å². The number of rotatable bonds is 5. The molecule has 29 heavy (non-hydrogen) atoms. The first kappa shape index (κ1) is 18.8. The molecular formula is C21H23N7O. The number of piperazine rings is 1. The minimum absolute atomic E-state index is 0.175. The Morgan fingerprint density at radius 1 is 0.897 bits per heavy atom. The molecule has 1 aliphatic rings. The van der Waals surface area contributed by atoms with Crippen molar-refractivity contribution in [1.29, 1.82) is 0 Å². The second kappa shape index (κ2) is 8.64. The molecule has 0 radical (unpaired) electrons. The van der Waals surface area contributed by atoms with E-state index in [4.69, 9.17) is 0 Å². The average molecular weight is 389 g/mol. The molecule has 1 aliphatic heterocycles. The Kier molecular flexibility index (Phi) is 5.60. The molecule has 2 aromatic heterocycles. The Balaban J connectivity index is 1.32. The molecule has 148 valence electrons. The van der Waals surface area contributed by atoms with Crippen LogP contribution in [0.4, 0.5) is 11.9 Å². The number of anilines is 2. The molecule has 1 N–H and O–H groups in total. The number of nitrogens with one attached hydrogen (secondary N) is 1. The third kappa shape index (κ3) is 4.48. The van der Waals surface area contributed by atoms with Gasteiger partial charge >= 0.3 is 0 Å². The summed E-state index contributed by atoms with van der Waals surface area (Å²) in [4.78, 5) is 34.0. The Bertz CT molecular complexity index is 954. The summed E-state index contributed by atoms with van der Waals surface area (Å²) in [6.45, 7) is 5.66. The van der Waals surface area contributed by atoms with E-state index in [0.29, 0.717) is 18.1 Å². The molecule has 3 heterocycles. The van der Waals surface area contributed by atoms with Crippen molar-refractivity contribution in [3.63, 3.8) is 0 Å². The first-order valence-corrected chi connectivity index (χ1v) is 9.62. The summed E-state index contributed by atoms with van der Waals surface area (Å²) in [6, 6.07) is 9.81. The van der Waals surface area contributed by atoms with Crippen LogP contribution in [0.2, 0.25) is 0 Å². The summed E-state index contributed by atoms with van der Waals surface area (Å²) < 4.78 is 0. The largest absolute Gasteiger partial charge is 0.348 e. The van der Waals surface area contributed by atoms with Gasteiger partial charge in [0.1, 0.15) is 0 Å². The molecule has 0 bridgehead atoms. The van der Waals surface area contributed by atoms with Crippen LogP contribution in [-0.4, -0.2) is 52.0 Å². The Morgan fingerprint density at radius 2 is 1.48 bits per heavy atom. The van der Waals surface area contributed by atoms with Crippen molar-refractivity contribution in [3.05, 3.63) is 71.8 Å². The zero-order chi connectivity index (χ0) is 20.1. The predicted octanol–water partition coefficient (Wildman–Crippen LogP) is 1.83. The quantitative estimate of drug-likeness (QED) is 0.712. The van der Waals surface area contributed by atoms with Crippen molar-refractivity contribution >= 4 is 17.8 Å². The van der Waals surface area contributed by atoms with Gasteiger partial charge in [-0.05, 0) is 24.1 Å². The fraction of sp³-hybridized carbons (Fsp3) is 0.286. The molecular weight excluding hydrogens is 366 g/mol. The van der Waals surface area contributed by atoms with Gasteiger partial charge in [-0.2, -0.15) is 0 Å². The van der Waals surface area contributed by atoms with E-state index >= 15 is 0 Å². The number of nitrogens with zero attached hydrogens (tertiary/aromatic N) is 6. The van der Waals surface area contributed by atoms with E-state index in [1.165, 1.54) is 0 Å². The lowest BCUT2D eigenvalue weighted by molar-refractivity contribution is 0.0950. The smallest absolute Gasteiger partial charge is 0.254 e. The van der Waals surface area contributed by atoms with Gasteiger partial charge in [-0.3, -0.25) is 4.79 Å². The van der Waals surface area contributed by atoms with Crippen LogP contribution in [0.25, 0.3) is 0 Å². The molecule has 3 aromatic rings. The topological polar surface area (TPSA) is 87.1 Å². The van der Waals surface area contributed by atoms with E-state index in [2.05, 4.69) is 35.1 Å². The van der Waals surface area contributed by atoms with Gasteiger partial charge in [-0.25, -0.2) is 19.9 Å². The Hall–Kier alpha value is -3.55. The number of hydrogen-bond donors (Lipinski definition) is 1. The van der Waals surface area contributed by atoms with Crippen molar-refractivity contribution in [1.82, 2.24) is 25.3 Å². The van der Waals surface area contributed by atoms with Crippen molar-refractivity contribution < 1.29 is 4.79 Å². The molecule has 0 spiro atoms. The summed E-state index contributed by atoms with van der Waals surface area (Å²) in [7, 11) is 0. The summed E-state index contributed by atoms with van der Waals surface area (Å²) in [5, 5.41) is 2.93. The second-order valence-electron chi connectivity index (χ2n) is 6.90. The van der Waals surface area contributed by atoms with Gasteiger partial charge in [0, 0.05) is 57.5 Å². The van der Waals surface area contributed by atoms with Crippen LogP contribution in [0.3, 0.4) is 0 Å². The average Bonchev–Trinajstić information content (AvgIpc) is 2.79. The number of hydrogen-bond acceptors (Lipinski definition) is 7. The predicted molar refractivity (Wildman–Crippen MR) is 111 cm³/mol. The van der Waals surface area contributed by atoms with E-state index in [0.717, 1.165) is 43.3 Å². The number of carbonyl (C=O) groups is 1. The van der Waals surface area contributed by atoms with Crippen LogP contribution in [0, 0.1) is 6.92 Å². The molecule has 8 nitrogen and oxygen atoms in total. The molecule has 1 amide bonds. The SMILES string of the molecule is Cc1ccccc1CNC(=O)c1cnc(N2CCN(c3ncccn3)CC2)nc1. The van der Waals surface area contributed by atoms with E-state index in [1.807, 2.05) is 37.3 Å². The van der Waals surface area contributed by atoms with Crippen molar-refractivity contribution in [2.75, 3.05) is 36.0 Å². The lowest BCUT2D eigenvalue weighted by Crippen LogP contribution is -2.47. The highest BCUT2D eigenvalue weighted by Gasteiger charge is 2.20. The van der Waals surface area contributed by atoms with E-state index < -0.39 is 0 Å². The normalized spacial score (nSPS) is 14.0. The lowest BCUT2D eigenvalue weighted by atomic mass is 10.1. The Morgan fingerprint density at radius 3 is 2.10 bits per heavy atom. The van der Waals surface area contributed by atoms with Gasteiger partial charge in [0.05, 0.1) is 5.56 Å². The maximum atomic E-state index is 12.4. The van der Waals surface area contributed by atoms with Crippen LogP contribution in [0.15, 0.2) is 55.1 Å². The Labute approximate surface area is 169 Å². The number of aryl methyl sites for hydroxylation is 1. The summed E-state index contributed by atoms with van der Waals surface area (Å²) >= 11 is 0. The highest BCUT2D eigenvalue weighted by atomic mass is 16.1. The number of carbonyl (C=O) groups excluding carboxylic acids is 1. The van der Waals surface area contributed by atoms with Crippen LogP contribution < -0.4 is 15.1 Å². The van der Waals surface area contributed by atoms with Gasteiger partial charge in [0.15, 0.2) is 0 Å². The van der Waals surface area contributed by atoms with Gasteiger partial charge < -0.3 is 15.1 Å². The van der Waals surface area contributed by atoms with E-state index in [-0.39, 0.29) is 5.91 Å². The zero-order valence-electron chi connectivity index (χ0n) is 16.3. The van der Waals surface area contributed by atoms with Crippen molar-refractivity contribution in [2.45, 2.75) is 13.5 Å². The zero-order valence-corrected chi connectivity index (χ0v) is 16.3. The first-order chi connectivity index (χ1) is 14.2. The van der Waals surface area contributed by atoms with Crippen LogP contribution in [0.5, 0.6) is 0 Å². The monoisotopic (exact) mass is 389 g/mol. The number of amides is 1. The maximum Gasteiger partial charge on any atom is 0.254 e. The maximum absolute atomic E-state index is 12.4. The van der Waals surface area contributed by atoms with Gasteiger partial charge in [-0.15, -0.1) is 0 Å². The third-order valence-corrected chi connectivity index (χ3v) is 5.00. The molecule has 0 unspecified atom stereocenters. The van der Waals surface area contributed by atoms with Gasteiger partial charge in [-0.1, -0.05) is 24.3 Å². The fourth-order valence-corrected chi connectivity index (χ4v) is 3.25. The minimum Gasteiger partial charge on any atom is -0.348 e. The molecule has 1 saturated heterocycles. The van der Waals surface area contributed by atoms with Gasteiger partial charge in [0.25, 0.3) is 5.91 Å². The number of benzene rings is 1. The highest BCUT2D eigenvalue weighted by Crippen LogP contribution is 2.14. The molecule has 0 saturated carbocycles. The van der Waals surface area contributed by atoms with Gasteiger partial charge in [0.2, 0.25) is 11.9 Å². The van der Waals surface area contributed by atoms with Crippen LogP contribution in [0.1, 0.15) is 21.5 Å². The molecule has 1 fully saturated rings. The molecule has 4 rings (SSSR count). The standard InChI is InChI=1S/C21H23N7O/c1-16-5-2-3-6-17(16)13-24-19(29)18-14-25-21(26-15-18)28-11-9-27(10-12-28)20-22-7-4-8-23-20/h2-8,14-15H,9-13H2,1H3,(H,24,29). The second-order valence-corrected chi connectivity index (χ2v) is 6.90. The fourth-order valence-electron chi connectivity index (χ4n) is 3.25. The summed E-state index contributed by atoms with van der Waals surface area (Å²) in [5.41, 5.74) is 2.71. The van der Waals surface area contributed by atoms with E-state index in [9.17, 15) is 4.79 Å². The van der Waals surface area contributed by atoms with Crippen molar-refractivity contribution in [2.24, 2.45) is 0 Å². The third-order valence-electron chi connectivity index (χ3n) is 5.00. The minimum atomic E-state index is -0.175. The molecule has 0 atom stereocenters. The van der Waals surface area contributed by atoms with Crippen LogP contribution in [-0.2, 0) is 6.54 Å². The van der Waals surface area contributed by atoms with E-state index in [1.54, 1.807) is 24.8 Å².